The highest BCUT2D eigenvalue weighted by molar-refractivity contribution is 5.87. The average molecular weight is 1600 g/mol. The maximum atomic E-state index is 16.3. The molecule has 0 amide bonds. The van der Waals surface area contributed by atoms with E-state index in [1.54, 1.807) is 13.8 Å². The minimum atomic E-state index is -2.17. The number of aliphatic carboxylic acids is 1. The Labute approximate surface area is 640 Å². The van der Waals surface area contributed by atoms with Gasteiger partial charge in [0.2, 0.25) is 6.29 Å². The van der Waals surface area contributed by atoms with Gasteiger partial charge in [-0.15, -0.1) is 0 Å². The number of carboxylic acids is 1. The van der Waals surface area contributed by atoms with Crippen LogP contribution in [0.15, 0.2) is 23.3 Å². The summed E-state index contributed by atoms with van der Waals surface area (Å²) >= 11 is 0. The molecule has 12 aliphatic rings. The van der Waals surface area contributed by atoms with Crippen LogP contribution >= 0.6 is 0 Å². The fourth-order valence-electron chi connectivity index (χ4n) is 20.3. The van der Waals surface area contributed by atoms with Crippen molar-refractivity contribution in [3.63, 3.8) is 0 Å². The quantitative estimate of drug-likeness (QED) is 0.0235. The Balaban J connectivity index is 0.831. The first-order valence-electron chi connectivity index (χ1n) is 38.6. The van der Waals surface area contributed by atoms with Crippen molar-refractivity contribution in [1.82, 2.24) is 0 Å². The molecule has 0 aromatic heterocycles. The van der Waals surface area contributed by atoms with Crippen LogP contribution in [0.25, 0.3) is 0 Å². The van der Waals surface area contributed by atoms with Crippen molar-refractivity contribution in [2.24, 2.45) is 50.2 Å². The molecule has 0 unspecified atom stereocenters. The monoisotopic (exact) mass is 1600 g/mol. The second-order valence-corrected chi connectivity index (χ2v) is 34.5. The zero-order chi connectivity index (χ0) is 81.0. The molecule has 19 N–H and O–H groups in total. The molecule has 0 bridgehead atoms. The molecule has 37 heteroatoms. The summed E-state index contributed by atoms with van der Waals surface area (Å²) in [5, 5.41) is 211. The molecule has 5 aliphatic carbocycles. The Morgan fingerprint density at radius 1 is 0.505 bits per heavy atom. The molecule has 634 valence electrons. The molecule has 7 saturated heterocycles. The minimum absolute atomic E-state index is 0.0979. The minimum Gasteiger partial charge on any atom is -0.481 e. The van der Waals surface area contributed by atoms with Gasteiger partial charge in [-0.05, 0) is 131 Å². The number of carbonyl (C=O) groups is 3. The molecule has 0 aromatic rings. The lowest BCUT2D eigenvalue weighted by atomic mass is 9.33. The standard InChI is InChI=1S/C74H116O37/c1-10-28(2)59(93)102-36-26-99-61(53(91)47(36)85)108-56-49(87)41(79)29(3)101-64(56)110-58-51(89)46(84)37(27-100-63-55(43(81)33(78)25-98-63)107-60-52(90)42(80)32(77)24-97-60)105-66(58)111-68(96)74-19-17-69(4,5)21-31(74)30-11-12-38-70(6)15-14-40(73(9,67(94)95)39(70)13-16-72(38,8)71(30,7)18-20-74)106-65-57(50(88)45(83)35(23-76)104-65)109-62-54(92)48(86)44(82)34(22-75)103-62/h10-11,29,31-58,60-66,75-92H,12-27H2,1-9H3,(H,94,95)/b28-10-/t29-,31-,32-,33+,34+,35+,36-,37+,38+,39+,40-,41-,42-,43-,44+,45+,46+,47-,48-,49+,50-,51-,52+,53+,54+,55+,56+,57+,58+,60-,61-,62-,63-,64-,65-,66-,70+,71+,72+,73-,74-/m0/s1. The van der Waals surface area contributed by atoms with Gasteiger partial charge in [-0.3, -0.25) is 9.59 Å². The first-order chi connectivity index (χ1) is 52.2. The van der Waals surface area contributed by atoms with Gasteiger partial charge >= 0.3 is 17.9 Å². The van der Waals surface area contributed by atoms with E-state index >= 15 is 4.79 Å². The predicted molar refractivity (Wildman–Crippen MR) is 367 cm³/mol. The summed E-state index contributed by atoms with van der Waals surface area (Å²) in [4.78, 5) is 43.3. The lowest BCUT2D eigenvalue weighted by Crippen LogP contribution is -2.68. The molecule has 0 radical (unpaired) electrons. The van der Waals surface area contributed by atoms with Gasteiger partial charge in [0, 0.05) is 5.57 Å². The van der Waals surface area contributed by atoms with E-state index in [-0.39, 0.29) is 36.2 Å². The third-order valence-electron chi connectivity index (χ3n) is 27.7. The maximum Gasteiger partial charge on any atom is 0.333 e. The fourth-order valence-corrected chi connectivity index (χ4v) is 20.3. The Bertz CT molecular complexity index is 3290. The summed E-state index contributed by atoms with van der Waals surface area (Å²) in [6.07, 6.45) is -51.2. The smallest absolute Gasteiger partial charge is 0.333 e. The SMILES string of the molecule is C/C=C(/C)C(=O)O[C@H]1CO[C@@H](O[C@H]2[C@H](O[C@H]3[C@H](OC(=O)[C@]45CCC(C)(C)C[C@H]4C4=CC[C@@H]6[C@@]7(C)CC[C@H](O[C@@H]8O[C@H](CO)[C@@H](O)[C@H](O)[C@H]8O[C@@H]8O[C@H](CO)[C@@H](O)[C@H](O)[C@H]8O)[C@@](C)(C(=O)O)[C@@H]7CC[C@@]6(C)[C@]4(C)CC5)O[C@H](CO[C@@H]4OC[C@@H](O)[C@H](O)[C@H]4O[C@@H]4OC[C@H](O)[C@H](O)[C@H]4O)[C@@H](O)[C@@H]3O)O[C@@H](C)[C@H](O)[C@H]2O)[C@H](O)[C@H]1O. The molecule has 11 fully saturated rings. The molecule has 0 aromatic carbocycles. The van der Waals surface area contributed by atoms with Crippen LogP contribution in [0.1, 0.15) is 127 Å². The number of carboxylic acid groups (broad SMARTS) is 1. The highest BCUT2D eigenvalue weighted by Gasteiger charge is 2.72. The topological polar surface area (TPSA) is 574 Å². The van der Waals surface area contributed by atoms with Crippen molar-refractivity contribution in [2.75, 3.05) is 39.6 Å². The number of hydrogen-bond donors (Lipinski definition) is 19. The molecular formula is C74H116O37. The Hall–Kier alpha value is -3.35. The van der Waals surface area contributed by atoms with Crippen molar-refractivity contribution in [1.29, 1.82) is 0 Å². The van der Waals surface area contributed by atoms with Gasteiger partial charge in [0.1, 0.15) is 134 Å². The first kappa shape index (κ1) is 87.0. The largest absolute Gasteiger partial charge is 0.481 e. The summed E-state index contributed by atoms with van der Waals surface area (Å²) in [6, 6.07) is 0. The van der Waals surface area contributed by atoms with E-state index in [0.717, 1.165) is 5.57 Å². The summed E-state index contributed by atoms with van der Waals surface area (Å²) in [5.74, 6) is -4.19. The zero-order valence-electron chi connectivity index (χ0n) is 63.6. The number of rotatable bonds is 20. The van der Waals surface area contributed by atoms with Gasteiger partial charge in [-0.1, -0.05) is 52.3 Å². The predicted octanol–water partition coefficient (Wildman–Crippen LogP) is -5.04. The molecular weight excluding hydrogens is 1480 g/mol. The molecule has 7 aliphatic heterocycles. The number of fused-ring (bicyclic) bond motifs is 7. The van der Waals surface area contributed by atoms with Crippen LogP contribution in [0, 0.1) is 50.2 Å². The van der Waals surface area contributed by atoms with Crippen LogP contribution in [0.3, 0.4) is 0 Å². The maximum absolute atomic E-state index is 16.3. The third kappa shape index (κ3) is 15.6. The van der Waals surface area contributed by atoms with Crippen LogP contribution in [-0.4, -0.2) is 357 Å². The van der Waals surface area contributed by atoms with E-state index in [1.807, 2.05) is 0 Å². The van der Waals surface area contributed by atoms with E-state index in [1.165, 1.54) is 19.9 Å². The number of aliphatic hydroxyl groups excluding tert-OH is 18. The summed E-state index contributed by atoms with van der Waals surface area (Å²) in [5.41, 5.74) is -4.28. The van der Waals surface area contributed by atoms with E-state index in [2.05, 4.69) is 40.7 Å². The Kier molecular flexibility index (Phi) is 26.2. The van der Waals surface area contributed by atoms with E-state index in [0.29, 0.717) is 44.9 Å². The molecule has 41 atom stereocenters. The number of esters is 2. The second-order valence-electron chi connectivity index (χ2n) is 34.5. The highest BCUT2D eigenvalue weighted by atomic mass is 16.8. The van der Waals surface area contributed by atoms with Gasteiger partial charge in [0.05, 0.1) is 62.7 Å². The fraction of sp³-hybridized carbons (Fsp3) is 0.905. The van der Waals surface area contributed by atoms with Gasteiger partial charge in [0.25, 0.3) is 0 Å². The van der Waals surface area contributed by atoms with Gasteiger partial charge in [-0.2, -0.15) is 0 Å². The van der Waals surface area contributed by atoms with E-state index in [4.69, 9.17) is 71.1 Å². The van der Waals surface area contributed by atoms with Crippen LogP contribution in [-0.2, 0) is 85.4 Å². The summed E-state index contributed by atoms with van der Waals surface area (Å²) in [7, 11) is 0. The normalized spacial score (nSPS) is 52.2. The van der Waals surface area contributed by atoms with Crippen molar-refractivity contribution < 1.29 is 182 Å². The van der Waals surface area contributed by atoms with Crippen LogP contribution in [0.5, 0.6) is 0 Å². The van der Waals surface area contributed by atoms with Crippen LogP contribution in [0.4, 0.5) is 0 Å². The van der Waals surface area contributed by atoms with Crippen molar-refractivity contribution >= 4 is 17.9 Å². The zero-order valence-corrected chi connectivity index (χ0v) is 63.6. The second kappa shape index (κ2) is 33.4. The number of hydrogen-bond acceptors (Lipinski definition) is 36. The summed E-state index contributed by atoms with van der Waals surface area (Å²) in [6.45, 7) is 12.7. The van der Waals surface area contributed by atoms with Crippen molar-refractivity contribution in [3.8, 4) is 0 Å². The number of carbonyl (C=O) groups excluding carboxylic acids is 2. The highest BCUT2D eigenvalue weighted by Crippen LogP contribution is 2.76. The molecule has 12 rings (SSSR count). The Morgan fingerprint density at radius 2 is 1.02 bits per heavy atom. The summed E-state index contributed by atoms with van der Waals surface area (Å²) < 4.78 is 90.4. The van der Waals surface area contributed by atoms with Gasteiger partial charge in [0.15, 0.2) is 49.9 Å². The van der Waals surface area contributed by atoms with Gasteiger partial charge in [-0.25, -0.2) is 4.79 Å². The lowest BCUT2D eigenvalue weighted by molar-refractivity contribution is -0.386. The Morgan fingerprint density at radius 3 is 1.65 bits per heavy atom. The molecule has 4 saturated carbocycles. The third-order valence-corrected chi connectivity index (χ3v) is 27.7. The molecule has 7 heterocycles. The molecule has 0 spiro atoms. The van der Waals surface area contributed by atoms with Crippen LogP contribution < -0.4 is 0 Å². The number of aliphatic hydroxyl groups is 18. The number of ether oxygens (including phenoxy) is 15. The van der Waals surface area contributed by atoms with Gasteiger partial charge < -0.3 is 168 Å². The molecule has 37 nitrogen and oxygen atoms in total. The van der Waals surface area contributed by atoms with E-state index < -0.39 is 299 Å². The van der Waals surface area contributed by atoms with Crippen LogP contribution in [0.2, 0.25) is 0 Å². The average Bonchev–Trinajstić information content (AvgIpc) is 0.672. The number of allylic oxidation sites excluding steroid dienone is 3. The van der Waals surface area contributed by atoms with E-state index in [9.17, 15) is 107 Å². The first-order valence-corrected chi connectivity index (χ1v) is 38.6. The van der Waals surface area contributed by atoms with Crippen molar-refractivity contribution in [3.05, 3.63) is 23.3 Å². The lowest BCUT2D eigenvalue weighted by Gasteiger charge is -2.71. The van der Waals surface area contributed by atoms with Crippen molar-refractivity contribution in [2.45, 2.75) is 329 Å². The molecule has 111 heavy (non-hydrogen) atoms.